The summed E-state index contributed by atoms with van der Waals surface area (Å²) in [5, 5.41) is 6.93. The second-order valence-corrected chi connectivity index (χ2v) is 11.6. The van der Waals surface area contributed by atoms with Crippen LogP contribution in [0.4, 0.5) is 11.8 Å². The number of amides is 2. The summed E-state index contributed by atoms with van der Waals surface area (Å²) in [6, 6.07) is 6.87. The van der Waals surface area contributed by atoms with Gasteiger partial charge in [0.2, 0.25) is 17.8 Å². The van der Waals surface area contributed by atoms with Crippen molar-refractivity contribution in [3.63, 3.8) is 0 Å². The Balaban J connectivity index is 0.000000534. The van der Waals surface area contributed by atoms with Crippen molar-refractivity contribution in [2.75, 3.05) is 56.7 Å². The topological polar surface area (TPSA) is 118 Å². The monoisotopic (exact) mass is 658 g/mol. The van der Waals surface area contributed by atoms with E-state index in [0.29, 0.717) is 53.8 Å². The molecule has 1 aliphatic carbocycles. The Morgan fingerprint density at radius 3 is 2.38 bits per heavy atom. The number of carbonyl (C=O) groups is 2. The first-order valence-corrected chi connectivity index (χ1v) is 15.9. The van der Waals surface area contributed by atoms with E-state index in [1.165, 1.54) is 39.2 Å². The van der Waals surface area contributed by atoms with Crippen LogP contribution >= 0.6 is 23.2 Å². The van der Waals surface area contributed by atoms with E-state index in [-0.39, 0.29) is 31.5 Å². The average Bonchev–Trinajstić information content (AvgIpc) is 3.61. The second kappa shape index (κ2) is 19.0. The molecule has 3 aromatic rings. The van der Waals surface area contributed by atoms with E-state index in [1.807, 2.05) is 4.90 Å². The number of nitrogens with one attached hydrogen (secondary N) is 2. The molecule has 2 aliphatic rings. The summed E-state index contributed by atoms with van der Waals surface area (Å²) in [6.07, 6.45) is 12.5. The van der Waals surface area contributed by atoms with Crippen LogP contribution in [0.3, 0.4) is 0 Å². The van der Waals surface area contributed by atoms with Gasteiger partial charge in [0.15, 0.2) is 0 Å². The lowest BCUT2D eigenvalue weighted by molar-refractivity contribution is -0.135. The van der Waals surface area contributed by atoms with E-state index >= 15 is 0 Å². The number of nitrogens with zero attached hydrogens (tertiary/aromatic N) is 6. The molecule has 2 fully saturated rings. The van der Waals surface area contributed by atoms with Crippen LogP contribution in [-0.2, 0) is 20.9 Å². The first-order chi connectivity index (χ1) is 21.8. The number of piperazine rings is 1. The maximum Gasteiger partial charge on any atom is 0.248 e. The number of halogens is 2. The van der Waals surface area contributed by atoms with E-state index in [1.54, 1.807) is 52.5 Å². The Kier molecular flexibility index (Phi) is 15.1. The molecule has 5 rings (SSSR count). The molecule has 1 aliphatic heterocycles. The molecule has 0 radical (unpaired) electrons. The molecule has 45 heavy (non-hydrogen) atoms. The molecular formula is C32H44Cl2N8O3. The Morgan fingerprint density at radius 2 is 1.78 bits per heavy atom. The first kappa shape index (κ1) is 35.8. The summed E-state index contributed by atoms with van der Waals surface area (Å²) in [5.41, 5.74) is 0.768. The second-order valence-electron chi connectivity index (χ2n) is 10.8. The van der Waals surface area contributed by atoms with E-state index < -0.39 is 0 Å². The Morgan fingerprint density at radius 1 is 1.04 bits per heavy atom. The normalized spacial score (nSPS) is 14.8. The lowest BCUT2D eigenvalue weighted by atomic mass is 9.91. The fraction of sp³-hybridized carbons (Fsp3) is 0.469. The van der Waals surface area contributed by atoms with Crippen molar-refractivity contribution in [3.05, 3.63) is 71.8 Å². The molecule has 1 saturated heterocycles. The van der Waals surface area contributed by atoms with Gasteiger partial charge in [0.25, 0.3) is 0 Å². The van der Waals surface area contributed by atoms with Crippen LogP contribution in [0.25, 0.3) is 5.82 Å². The fourth-order valence-electron chi connectivity index (χ4n) is 4.95. The number of anilines is 2. The van der Waals surface area contributed by atoms with Gasteiger partial charge in [-0.05, 0) is 23.6 Å². The molecule has 0 unspecified atom stereocenters. The van der Waals surface area contributed by atoms with E-state index in [2.05, 4.69) is 45.7 Å². The third-order valence-electron chi connectivity index (χ3n) is 7.47. The predicted octanol–water partition coefficient (Wildman–Crippen LogP) is 5.38. The predicted molar refractivity (Wildman–Crippen MR) is 180 cm³/mol. The van der Waals surface area contributed by atoms with Crippen LogP contribution in [0.2, 0.25) is 10.0 Å². The number of carbonyl (C=O) groups excluding carboxylic acids is 2. The van der Waals surface area contributed by atoms with Crippen molar-refractivity contribution in [2.45, 2.75) is 45.6 Å². The van der Waals surface area contributed by atoms with Crippen LogP contribution in [0.5, 0.6) is 0 Å². The van der Waals surface area contributed by atoms with Crippen LogP contribution in [0.15, 0.2) is 56.1 Å². The molecule has 1 aromatic carbocycles. The number of benzene rings is 1. The van der Waals surface area contributed by atoms with Crippen molar-refractivity contribution in [2.24, 2.45) is 5.92 Å². The van der Waals surface area contributed by atoms with E-state index in [4.69, 9.17) is 27.9 Å². The maximum atomic E-state index is 12.5. The molecule has 0 bridgehead atoms. The summed E-state index contributed by atoms with van der Waals surface area (Å²) < 4.78 is 6.71. The molecule has 0 spiro atoms. The minimum absolute atomic E-state index is 0.00429. The van der Waals surface area contributed by atoms with Gasteiger partial charge in [0.1, 0.15) is 24.6 Å². The van der Waals surface area contributed by atoms with Crippen LogP contribution < -0.4 is 15.5 Å². The van der Waals surface area contributed by atoms with Gasteiger partial charge in [0.05, 0.1) is 6.54 Å². The Labute approximate surface area is 276 Å². The summed E-state index contributed by atoms with van der Waals surface area (Å²) >= 11 is 12.1. The van der Waals surface area contributed by atoms with Gasteiger partial charge in [-0.1, -0.05) is 68.3 Å². The lowest BCUT2D eigenvalue weighted by Gasteiger charge is -2.34. The molecule has 1 saturated carbocycles. The van der Waals surface area contributed by atoms with Gasteiger partial charge in [-0.3, -0.25) is 14.2 Å². The molecular weight excluding hydrogens is 615 g/mol. The molecule has 3 heterocycles. The van der Waals surface area contributed by atoms with Gasteiger partial charge in [-0.25, -0.2) is 4.98 Å². The highest BCUT2D eigenvalue weighted by Gasteiger charge is 2.23. The van der Waals surface area contributed by atoms with Gasteiger partial charge in [0, 0.05) is 68.3 Å². The Hall–Kier alpha value is -3.67. The smallest absolute Gasteiger partial charge is 0.248 e. The zero-order valence-corrected chi connectivity index (χ0v) is 27.7. The first-order valence-electron chi connectivity index (χ1n) is 15.2. The molecule has 0 atom stereocenters. The third-order valence-corrected chi connectivity index (χ3v) is 8.05. The number of rotatable bonds is 9. The van der Waals surface area contributed by atoms with Gasteiger partial charge >= 0.3 is 0 Å². The molecule has 2 aromatic heterocycles. The van der Waals surface area contributed by atoms with Gasteiger partial charge < -0.3 is 25.2 Å². The van der Waals surface area contributed by atoms with Crippen molar-refractivity contribution >= 4 is 46.8 Å². The number of hydrogen-bond donors (Lipinski definition) is 2. The average molecular weight is 660 g/mol. The number of ether oxygens (including phenoxy) is 1. The third kappa shape index (κ3) is 11.6. The van der Waals surface area contributed by atoms with E-state index in [0.717, 1.165) is 11.5 Å². The number of methoxy groups -OCH3 is 1. The summed E-state index contributed by atoms with van der Waals surface area (Å²) in [5.74, 6) is 2.35. The number of hydrogen-bond acceptors (Lipinski definition) is 8. The standard InChI is InChI=1S/C23H26Cl2N8O3.C7H14.C2H4/c1-36-14-22(35)31-6-8-32(9-7-31)23-29-19(11-20(30-23)33-5-4-26-15-33)27-13-21(34)28-12-16-2-3-17(24)10-18(16)25;1-7-5-3-2-4-6-7;1-2/h2-5,10-11,15H,6-9,12-14H2,1H3,(H,28,34)(H,27,29,30);7H,2-6H2,1H3;1-2H2. The summed E-state index contributed by atoms with van der Waals surface area (Å²) in [7, 11) is 1.51. The molecule has 2 N–H and O–H groups in total. The minimum Gasteiger partial charge on any atom is -0.375 e. The van der Waals surface area contributed by atoms with Crippen LogP contribution in [0, 0.1) is 5.92 Å². The highest BCUT2D eigenvalue weighted by Crippen LogP contribution is 2.23. The van der Waals surface area contributed by atoms with Crippen LogP contribution in [0.1, 0.15) is 44.6 Å². The van der Waals surface area contributed by atoms with E-state index in [9.17, 15) is 9.59 Å². The van der Waals surface area contributed by atoms with Crippen LogP contribution in [-0.4, -0.2) is 82.7 Å². The van der Waals surface area contributed by atoms with Crippen molar-refractivity contribution < 1.29 is 14.3 Å². The number of aromatic nitrogens is 4. The zero-order chi connectivity index (χ0) is 32.6. The fourth-order valence-corrected chi connectivity index (χ4v) is 5.43. The number of imidazole rings is 1. The largest absolute Gasteiger partial charge is 0.375 e. The lowest BCUT2D eigenvalue weighted by Crippen LogP contribution is -2.50. The van der Waals surface area contributed by atoms with Crippen molar-refractivity contribution in [1.29, 1.82) is 0 Å². The Bertz CT molecular complexity index is 1340. The molecule has 244 valence electrons. The highest BCUT2D eigenvalue weighted by atomic mass is 35.5. The highest BCUT2D eigenvalue weighted by molar-refractivity contribution is 6.35. The summed E-state index contributed by atoms with van der Waals surface area (Å²) in [4.78, 5) is 41.7. The quantitative estimate of drug-likeness (QED) is 0.294. The van der Waals surface area contributed by atoms with Crippen molar-refractivity contribution in [3.8, 4) is 5.82 Å². The SMILES string of the molecule is C=C.CC1CCCCC1.COCC(=O)N1CCN(c2nc(NCC(=O)NCc3ccc(Cl)cc3Cl)cc(-n3ccnc3)n2)CC1. The van der Waals surface area contributed by atoms with Gasteiger partial charge in [-0.2, -0.15) is 9.97 Å². The molecule has 13 heteroatoms. The van der Waals surface area contributed by atoms with Crippen molar-refractivity contribution in [1.82, 2.24) is 29.7 Å². The molecule has 11 nitrogen and oxygen atoms in total. The molecule has 2 amide bonds. The maximum absolute atomic E-state index is 12.5. The minimum atomic E-state index is -0.226. The van der Waals surface area contributed by atoms with Gasteiger partial charge in [-0.15, -0.1) is 13.2 Å². The zero-order valence-electron chi connectivity index (χ0n) is 26.2. The summed E-state index contributed by atoms with van der Waals surface area (Å²) in [6.45, 7) is 10.9.